The van der Waals surface area contributed by atoms with E-state index in [1.54, 1.807) is 6.20 Å². The Bertz CT molecular complexity index is 979. The maximum Gasteiger partial charge on any atom is 0.252 e. The summed E-state index contributed by atoms with van der Waals surface area (Å²) in [7, 11) is 0. The average molecular weight is 377 g/mol. The summed E-state index contributed by atoms with van der Waals surface area (Å²) in [4.78, 5) is 18.0. The van der Waals surface area contributed by atoms with Crippen molar-refractivity contribution in [3.05, 3.63) is 48.2 Å². The molecule has 1 aromatic carbocycles. The minimum atomic E-state index is -0.0491. The van der Waals surface area contributed by atoms with Crippen LogP contribution in [0.2, 0.25) is 0 Å². The summed E-state index contributed by atoms with van der Waals surface area (Å²) >= 11 is 0. The molecule has 1 aliphatic rings. The molecular formula is C22H27N5O. The van der Waals surface area contributed by atoms with Crippen molar-refractivity contribution in [3.8, 4) is 11.3 Å². The first-order valence-corrected chi connectivity index (χ1v) is 10.0. The van der Waals surface area contributed by atoms with E-state index >= 15 is 0 Å². The van der Waals surface area contributed by atoms with Crippen LogP contribution in [0.15, 0.2) is 42.6 Å². The molecule has 3 heterocycles. The molecule has 0 aliphatic carbocycles. The molecule has 2 N–H and O–H groups in total. The summed E-state index contributed by atoms with van der Waals surface area (Å²) in [6.45, 7) is 7.22. The van der Waals surface area contributed by atoms with Crippen LogP contribution in [0.3, 0.4) is 0 Å². The highest BCUT2D eigenvalue weighted by atomic mass is 16.1. The molecular weight excluding hydrogens is 350 g/mol. The monoisotopic (exact) mass is 377 g/mol. The number of amides is 1. The van der Waals surface area contributed by atoms with Crippen molar-refractivity contribution >= 4 is 16.9 Å². The van der Waals surface area contributed by atoms with Crippen LogP contribution in [-0.2, 0) is 0 Å². The predicted octanol–water partition coefficient (Wildman–Crippen LogP) is 3.55. The summed E-state index contributed by atoms with van der Waals surface area (Å²) < 4.78 is 1.88. The smallest absolute Gasteiger partial charge is 0.252 e. The number of fused-ring (bicyclic) bond motifs is 1. The molecule has 0 saturated carbocycles. The third kappa shape index (κ3) is 3.64. The number of nitrogens with zero attached hydrogens (tertiary/aromatic N) is 3. The fourth-order valence-electron chi connectivity index (χ4n) is 3.87. The summed E-state index contributed by atoms with van der Waals surface area (Å²) in [5.41, 5.74) is 3.17. The van der Waals surface area contributed by atoms with E-state index in [2.05, 4.69) is 36.5 Å². The molecule has 146 valence electrons. The molecule has 0 radical (unpaired) electrons. The Morgan fingerprint density at radius 3 is 2.79 bits per heavy atom. The summed E-state index contributed by atoms with van der Waals surface area (Å²) in [6, 6.07) is 12.6. The average Bonchev–Trinajstić information content (AvgIpc) is 3.12. The second-order valence-electron chi connectivity index (χ2n) is 7.89. The van der Waals surface area contributed by atoms with Gasteiger partial charge in [-0.2, -0.15) is 5.10 Å². The van der Waals surface area contributed by atoms with Crippen molar-refractivity contribution in [2.45, 2.75) is 51.7 Å². The fraction of sp³-hybridized carbons (Fsp3) is 0.409. The van der Waals surface area contributed by atoms with Gasteiger partial charge in [0.05, 0.1) is 22.8 Å². The van der Waals surface area contributed by atoms with Crippen molar-refractivity contribution in [2.75, 3.05) is 6.54 Å². The number of pyridine rings is 1. The Hall–Kier alpha value is -2.73. The third-order valence-electron chi connectivity index (χ3n) is 5.33. The van der Waals surface area contributed by atoms with Gasteiger partial charge in [0, 0.05) is 23.7 Å². The highest BCUT2D eigenvalue weighted by Crippen LogP contribution is 2.26. The quantitative estimate of drug-likeness (QED) is 0.729. The van der Waals surface area contributed by atoms with Gasteiger partial charge in [-0.1, -0.05) is 30.3 Å². The van der Waals surface area contributed by atoms with Crippen molar-refractivity contribution in [3.63, 3.8) is 0 Å². The number of aromatic nitrogens is 3. The Morgan fingerprint density at radius 1 is 1.29 bits per heavy atom. The normalized spacial score (nSPS) is 19.9. The van der Waals surface area contributed by atoms with E-state index in [9.17, 15) is 4.79 Å². The molecule has 6 heteroatoms. The molecule has 1 saturated heterocycles. The summed E-state index contributed by atoms with van der Waals surface area (Å²) in [5.74, 6) is -0.0491. The molecule has 1 amide bonds. The maximum atomic E-state index is 13.2. The second kappa shape index (κ2) is 7.72. The number of nitrogens with one attached hydrogen (secondary N) is 2. The highest BCUT2D eigenvalue weighted by Gasteiger charge is 2.23. The zero-order valence-corrected chi connectivity index (χ0v) is 16.6. The lowest BCUT2D eigenvalue weighted by Crippen LogP contribution is -2.46. The van der Waals surface area contributed by atoms with Crippen molar-refractivity contribution in [2.24, 2.45) is 0 Å². The Labute approximate surface area is 165 Å². The number of piperidine rings is 1. The first-order valence-electron chi connectivity index (χ1n) is 10.0. The topological polar surface area (TPSA) is 71.8 Å². The van der Waals surface area contributed by atoms with Crippen LogP contribution >= 0.6 is 0 Å². The number of hydrogen-bond acceptors (Lipinski definition) is 4. The van der Waals surface area contributed by atoms with Gasteiger partial charge in [0.25, 0.3) is 5.91 Å². The lowest BCUT2D eigenvalue weighted by molar-refractivity contribution is 0.0927. The van der Waals surface area contributed by atoms with E-state index in [4.69, 9.17) is 4.98 Å². The van der Waals surface area contributed by atoms with E-state index in [0.29, 0.717) is 11.6 Å². The number of rotatable bonds is 4. The van der Waals surface area contributed by atoms with Gasteiger partial charge in [-0.15, -0.1) is 0 Å². The summed E-state index contributed by atoms with van der Waals surface area (Å²) in [5, 5.41) is 12.0. The van der Waals surface area contributed by atoms with Crippen LogP contribution < -0.4 is 10.6 Å². The third-order valence-corrected chi connectivity index (χ3v) is 5.33. The van der Waals surface area contributed by atoms with Gasteiger partial charge in [-0.3, -0.25) is 4.79 Å². The lowest BCUT2D eigenvalue weighted by Gasteiger charge is -2.28. The molecule has 1 aliphatic heterocycles. The maximum absolute atomic E-state index is 13.2. The van der Waals surface area contributed by atoms with Crippen LogP contribution in [0.1, 0.15) is 50.0 Å². The van der Waals surface area contributed by atoms with Gasteiger partial charge in [0.15, 0.2) is 5.65 Å². The lowest BCUT2D eigenvalue weighted by atomic mass is 9.99. The fourth-order valence-corrected chi connectivity index (χ4v) is 3.87. The number of benzene rings is 1. The molecule has 2 aromatic heterocycles. The van der Waals surface area contributed by atoms with Gasteiger partial charge in [0.1, 0.15) is 0 Å². The zero-order chi connectivity index (χ0) is 19.7. The second-order valence-corrected chi connectivity index (χ2v) is 7.89. The van der Waals surface area contributed by atoms with Crippen molar-refractivity contribution in [1.29, 1.82) is 0 Å². The Morgan fingerprint density at radius 2 is 2.07 bits per heavy atom. The predicted molar refractivity (Wildman–Crippen MR) is 111 cm³/mol. The largest absolute Gasteiger partial charge is 0.349 e. The number of carbonyl (C=O) groups excluding carboxylic acids is 1. The van der Waals surface area contributed by atoms with Gasteiger partial charge >= 0.3 is 0 Å². The molecule has 0 bridgehead atoms. The first-order chi connectivity index (χ1) is 13.5. The molecule has 0 spiro atoms. The minimum absolute atomic E-state index is 0.0491. The van der Waals surface area contributed by atoms with Crippen LogP contribution in [0.25, 0.3) is 22.3 Å². The van der Waals surface area contributed by atoms with Crippen molar-refractivity contribution < 1.29 is 4.79 Å². The van der Waals surface area contributed by atoms with Crippen LogP contribution in [0.5, 0.6) is 0 Å². The van der Waals surface area contributed by atoms with E-state index in [0.717, 1.165) is 41.7 Å². The van der Waals surface area contributed by atoms with E-state index in [-0.39, 0.29) is 18.0 Å². The molecule has 4 rings (SSSR count). The summed E-state index contributed by atoms with van der Waals surface area (Å²) in [6.07, 6.45) is 3.65. The van der Waals surface area contributed by atoms with Gasteiger partial charge in [-0.25, -0.2) is 9.67 Å². The van der Waals surface area contributed by atoms with E-state index in [1.807, 2.05) is 41.1 Å². The molecule has 1 fully saturated rings. The van der Waals surface area contributed by atoms with Crippen molar-refractivity contribution in [1.82, 2.24) is 25.4 Å². The zero-order valence-electron chi connectivity index (χ0n) is 16.6. The van der Waals surface area contributed by atoms with Crippen LogP contribution in [0.4, 0.5) is 0 Å². The van der Waals surface area contributed by atoms with E-state index in [1.165, 1.54) is 0 Å². The molecule has 3 aromatic rings. The standard InChI is InChI=1S/C22H27N5O/c1-14(2)27-21-19(13-24-27)18(12-20(26-21)16-7-5-4-6-8-16)22(28)25-17-9-10-23-15(3)11-17/h4-8,12-15,17,23H,9-11H2,1-3H3,(H,25,28). The van der Waals surface area contributed by atoms with Crippen LogP contribution in [0, 0.1) is 0 Å². The first kappa shape index (κ1) is 18.6. The SMILES string of the molecule is CC1CC(NC(=O)c2cc(-c3ccccc3)nc3c2cnn3C(C)C)CCN1. The molecule has 6 nitrogen and oxygen atoms in total. The van der Waals surface area contributed by atoms with Crippen LogP contribution in [-0.4, -0.2) is 39.3 Å². The highest BCUT2D eigenvalue weighted by molar-refractivity contribution is 6.06. The molecule has 2 unspecified atom stereocenters. The van der Waals surface area contributed by atoms with Gasteiger partial charge < -0.3 is 10.6 Å². The van der Waals surface area contributed by atoms with Gasteiger partial charge in [0.2, 0.25) is 0 Å². The van der Waals surface area contributed by atoms with Gasteiger partial charge in [-0.05, 0) is 46.2 Å². The Balaban J connectivity index is 1.76. The molecule has 2 atom stereocenters. The number of carbonyl (C=O) groups is 1. The molecule has 28 heavy (non-hydrogen) atoms. The van der Waals surface area contributed by atoms with E-state index < -0.39 is 0 Å². The Kier molecular flexibility index (Phi) is 5.13. The number of hydrogen-bond donors (Lipinski definition) is 2. The minimum Gasteiger partial charge on any atom is -0.349 e.